The standard InChI is InChI=1S/C22H30N4O2/c1-16-6-5-7-19(12-16)17(2)13-25-22(23-3)26-15-21(27)24-14-18-8-10-20(28-4)11-9-18/h5-12,17H,13-15H2,1-4H3,(H,24,27)(H2,23,25,26). The third-order valence-electron chi connectivity index (χ3n) is 4.48. The van der Waals surface area contributed by atoms with Gasteiger partial charge in [0.25, 0.3) is 0 Å². The first kappa shape index (κ1) is 21.3. The number of carbonyl (C=O) groups is 1. The number of guanidine groups is 1. The summed E-state index contributed by atoms with van der Waals surface area (Å²) >= 11 is 0. The van der Waals surface area contributed by atoms with E-state index in [0.29, 0.717) is 18.4 Å². The number of ether oxygens (including phenoxy) is 1. The van der Waals surface area contributed by atoms with E-state index in [9.17, 15) is 4.79 Å². The van der Waals surface area contributed by atoms with E-state index in [1.54, 1.807) is 14.2 Å². The molecule has 2 aromatic rings. The van der Waals surface area contributed by atoms with Crippen LogP contribution in [0.2, 0.25) is 0 Å². The zero-order valence-electron chi connectivity index (χ0n) is 17.1. The van der Waals surface area contributed by atoms with Crippen molar-refractivity contribution >= 4 is 11.9 Å². The summed E-state index contributed by atoms with van der Waals surface area (Å²) in [6.45, 7) is 5.62. The summed E-state index contributed by atoms with van der Waals surface area (Å²) in [5, 5.41) is 9.21. The van der Waals surface area contributed by atoms with Crippen LogP contribution in [0.3, 0.4) is 0 Å². The average molecular weight is 383 g/mol. The third kappa shape index (κ3) is 6.95. The maximum absolute atomic E-state index is 12.1. The van der Waals surface area contributed by atoms with Gasteiger partial charge in [0.15, 0.2) is 5.96 Å². The number of benzene rings is 2. The molecular weight excluding hydrogens is 352 g/mol. The van der Waals surface area contributed by atoms with E-state index < -0.39 is 0 Å². The van der Waals surface area contributed by atoms with Crippen LogP contribution < -0.4 is 20.7 Å². The fraction of sp³-hybridized carbons (Fsp3) is 0.364. The summed E-state index contributed by atoms with van der Waals surface area (Å²) < 4.78 is 5.13. The minimum atomic E-state index is -0.0921. The monoisotopic (exact) mass is 382 g/mol. The molecule has 6 nitrogen and oxygen atoms in total. The number of hydrogen-bond donors (Lipinski definition) is 3. The van der Waals surface area contributed by atoms with Gasteiger partial charge in [-0.2, -0.15) is 0 Å². The smallest absolute Gasteiger partial charge is 0.239 e. The summed E-state index contributed by atoms with van der Waals surface area (Å²) in [6, 6.07) is 16.1. The highest BCUT2D eigenvalue weighted by Crippen LogP contribution is 2.15. The van der Waals surface area contributed by atoms with Gasteiger partial charge in [-0.3, -0.25) is 9.79 Å². The number of nitrogens with zero attached hydrogens (tertiary/aromatic N) is 1. The Kier molecular flexibility index (Phi) is 8.34. The SMILES string of the molecule is CN=C(NCC(=O)NCc1ccc(OC)cc1)NCC(C)c1cccc(C)c1. The van der Waals surface area contributed by atoms with Crippen molar-refractivity contribution < 1.29 is 9.53 Å². The second-order valence-corrected chi connectivity index (χ2v) is 6.75. The van der Waals surface area contributed by atoms with Gasteiger partial charge in [-0.25, -0.2) is 0 Å². The van der Waals surface area contributed by atoms with Crippen molar-refractivity contribution in [2.24, 2.45) is 4.99 Å². The Hall–Kier alpha value is -3.02. The number of nitrogens with one attached hydrogen (secondary N) is 3. The highest BCUT2D eigenvalue weighted by Gasteiger charge is 2.08. The Morgan fingerprint density at radius 1 is 1.11 bits per heavy atom. The Morgan fingerprint density at radius 3 is 2.50 bits per heavy atom. The van der Waals surface area contributed by atoms with Crippen LogP contribution in [0.5, 0.6) is 5.75 Å². The van der Waals surface area contributed by atoms with Gasteiger partial charge in [0.05, 0.1) is 13.7 Å². The zero-order chi connectivity index (χ0) is 20.4. The van der Waals surface area contributed by atoms with E-state index in [-0.39, 0.29) is 12.5 Å². The van der Waals surface area contributed by atoms with Crippen LogP contribution in [-0.2, 0) is 11.3 Å². The van der Waals surface area contributed by atoms with Crippen LogP contribution in [0.25, 0.3) is 0 Å². The third-order valence-corrected chi connectivity index (χ3v) is 4.48. The van der Waals surface area contributed by atoms with Crippen molar-refractivity contribution in [2.45, 2.75) is 26.3 Å². The van der Waals surface area contributed by atoms with Gasteiger partial charge in [-0.1, -0.05) is 48.9 Å². The van der Waals surface area contributed by atoms with E-state index in [1.165, 1.54) is 11.1 Å². The summed E-state index contributed by atoms with van der Waals surface area (Å²) in [6.07, 6.45) is 0. The van der Waals surface area contributed by atoms with Crippen LogP contribution in [0.15, 0.2) is 53.5 Å². The molecule has 0 saturated carbocycles. The quantitative estimate of drug-likeness (QED) is 0.485. The lowest BCUT2D eigenvalue weighted by molar-refractivity contribution is -0.120. The Bertz CT molecular complexity index is 787. The molecule has 0 heterocycles. The van der Waals surface area contributed by atoms with Crippen LogP contribution in [0, 0.1) is 6.92 Å². The molecule has 0 saturated heterocycles. The fourth-order valence-corrected chi connectivity index (χ4v) is 2.74. The second-order valence-electron chi connectivity index (χ2n) is 6.75. The first-order valence-electron chi connectivity index (χ1n) is 9.42. The van der Waals surface area contributed by atoms with Gasteiger partial charge in [0.2, 0.25) is 5.91 Å². The number of methoxy groups -OCH3 is 1. The average Bonchev–Trinajstić information content (AvgIpc) is 2.72. The summed E-state index contributed by atoms with van der Waals surface area (Å²) in [7, 11) is 3.33. The molecule has 0 aliphatic carbocycles. The molecule has 150 valence electrons. The molecule has 0 radical (unpaired) electrons. The van der Waals surface area contributed by atoms with Gasteiger partial charge in [-0.15, -0.1) is 0 Å². The Balaban J connectivity index is 1.72. The molecular formula is C22H30N4O2. The lowest BCUT2D eigenvalue weighted by Crippen LogP contribution is -2.43. The van der Waals surface area contributed by atoms with E-state index in [1.807, 2.05) is 24.3 Å². The van der Waals surface area contributed by atoms with Crippen molar-refractivity contribution in [3.63, 3.8) is 0 Å². The van der Waals surface area contributed by atoms with Crippen molar-refractivity contribution in [1.82, 2.24) is 16.0 Å². The molecule has 0 aliphatic heterocycles. The number of hydrogen-bond acceptors (Lipinski definition) is 3. The minimum absolute atomic E-state index is 0.0921. The topological polar surface area (TPSA) is 74.8 Å². The number of rotatable bonds is 8. The van der Waals surface area contributed by atoms with E-state index in [0.717, 1.165) is 17.9 Å². The Labute approximate surface area is 167 Å². The predicted octanol–water partition coefficient (Wildman–Crippen LogP) is 2.59. The lowest BCUT2D eigenvalue weighted by atomic mass is 9.99. The highest BCUT2D eigenvalue weighted by molar-refractivity contribution is 5.86. The fourth-order valence-electron chi connectivity index (χ4n) is 2.74. The molecule has 0 aromatic heterocycles. The van der Waals surface area contributed by atoms with Crippen LogP contribution in [0.1, 0.15) is 29.5 Å². The summed E-state index contributed by atoms with van der Waals surface area (Å²) in [5.74, 6) is 1.65. The van der Waals surface area contributed by atoms with E-state index in [2.05, 4.69) is 59.1 Å². The summed E-state index contributed by atoms with van der Waals surface area (Å²) in [4.78, 5) is 16.3. The molecule has 2 rings (SSSR count). The Morgan fingerprint density at radius 2 is 1.86 bits per heavy atom. The summed E-state index contributed by atoms with van der Waals surface area (Å²) in [5.41, 5.74) is 3.55. The van der Waals surface area contributed by atoms with Gasteiger partial charge >= 0.3 is 0 Å². The van der Waals surface area contributed by atoms with Crippen LogP contribution >= 0.6 is 0 Å². The molecule has 6 heteroatoms. The van der Waals surface area contributed by atoms with E-state index in [4.69, 9.17) is 4.74 Å². The van der Waals surface area contributed by atoms with Crippen molar-refractivity contribution in [3.05, 3.63) is 65.2 Å². The second kappa shape index (κ2) is 11.0. The van der Waals surface area contributed by atoms with Crippen molar-refractivity contribution in [1.29, 1.82) is 0 Å². The molecule has 1 amide bonds. The van der Waals surface area contributed by atoms with Crippen LogP contribution in [0.4, 0.5) is 0 Å². The van der Waals surface area contributed by atoms with Crippen molar-refractivity contribution in [2.75, 3.05) is 27.2 Å². The number of aryl methyl sites for hydroxylation is 1. The number of amides is 1. The van der Waals surface area contributed by atoms with Crippen LogP contribution in [-0.4, -0.2) is 39.1 Å². The molecule has 0 fully saturated rings. The number of aliphatic imine (C=N–C) groups is 1. The zero-order valence-corrected chi connectivity index (χ0v) is 17.1. The molecule has 1 unspecified atom stereocenters. The highest BCUT2D eigenvalue weighted by atomic mass is 16.5. The normalized spacial score (nSPS) is 12.2. The van der Waals surface area contributed by atoms with Gasteiger partial charge in [-0.05, 0) is 36.1 Å². The molecule has 0 bridgehead atoms. The van der Waals surface area contributed by atoms with Gasteiger partial charge in [0.1, 0.15) is 5.75 Å². The number of carbonyl (C=O) groups excluding carboxylic acids is 1. The first-order chi connectivity index (χ1) is 13.5. The van der Waals surface area contributed by atoms with Gasteiger partial charge < -0.3 is 20.7 Å². The first-order valence-corrected chi connectivity index (χ1v) is 9.42. The minimum Gasteiger partial charge on any atom is -0.497 e. The lowest BCUT2D eigenvalue weighted by Gasteiger charge is -2.16. The largest absolute Gasteiger partial charge is 0.497 e. The molecule has 1 atom stereocenters. The predicted molar refractivity (Wildman–Crippen MR) is 114 cm³/mol. The molecule has 3 N–H and O–H groups in total. The maximum Gasteiger partial charge on any atom is 0.239 e. The molecule has 28 heavy (non-hydrogen) atoms. The molecule has 0 spiro atoms. The molecule has 2 aromatic carbocycles. The maximum atomic E-state index is 12.1. The van der Waals surface area contributed by atoms with E-state index >= 15 is 0 Å². The molecule has 0 aliphatic rings. The van der Waals surface area contributed by atoms with Gasteiger partial charge in [0, 0.05) is 20.1 Å². The van der Waals surface area contributed by atoms with Crippen molar-refractivity contribution in [3.8, 4) is 5.75 Å².